The lowest BCUT2D eigenvalue weighted by molar-refractivity contribution is -0.402. The normalized spacial score (nSPS) is 10.8. The van der Waals surface area contributed by atoms with Gasteiger partial charge in [0.1, 0.15) is 10.7 Å². The fourth-order valence-electron chi connectivity index (χ4n) is 1.53. The zero-order chi connectivity index (χ0) is 12.6. The third-order valence-corrected chi connectivity index (χ3v) is 3.57. The van der Waals surface area contributed by atoms with Gasteiger partial charge in [-0.15, -0.1) is 0 Å². The first-order valence-electron chi connectivity index (χ1n) is 4.91. The molecule has 0 bridgehead atoms. The summed E-state index contributed by atoms with van der Waals surface area (Å²) < 4.78 is 7.76. The van der Waals surface area contributed by atoms with Crippen LogP contribution in [0, 0.1) is 24.0 Å². The molecule has 90 valence electrons. The van der Waals surface area contributed by atoms with Gasteiger partial charge in [-0.3, -0.25) is 14.8 Å². The summed E-state index contributed by atoms with van der Waals surface area (Å²) in [4.78, 5) is 9.92. The van der Waals surface area contributed by atoms with Crippen LogP contribution in [0.3, 0.4) is 0 Å². The maximum atomic E-state index is 10.5. The lowest BCUT2D eigenvalue weighted by Gasteiger charge is -2.00. The number of aromatic nitrogens is 2. The Morgan fingerprint density at radius 3 is 2.71 bits per heavy atom. The van der Waals surface area contributed by atoms with Gasteiger partial charge in [0.15, 0.2) is 0 Å². The van der Waals surface area contributed by atoms with E-state index < -0.39 is 4.92 Å². The van der Waals surface area contributed by atoms with Crippen LogP contribution in [-0.4, -0.2) is 14.7 Å². The first-order chi connectivity index (χ1) is 7.99. The summed E-state index contributed by atoms with van der Waals surface area (Å²) in [5.41, 5.74) is 1.84. The SMILES string of the molecule is Cc1nn(Cc2ccc([N+](=O)[O-])o2)c(C)c1Br. The molecule has 0 N–H and O–H groups in total. The molecule has 0 aliphatic rings. The van der Waals surface area contributed by atoms with Gasteiger partial charge in [-0.25, -0.2) is 0 Å². The van der Waals surface area contributed by atoms with Crippen LogP contribution >= 0.6 is 15.9 Å². The molecule has 0 atom stereocenters. The van der Waals surface area contributed by atoms with Crippen LogP contribution < -0.4 is 0 Å². The van der Waals surface area contributed by atoms with E-state index in [1.54, 1.807) is 10.7 Å². The van der Waals surface area contributed by atoms with Crippen molar-refractivity contribution < 1.29 is 9.34 Å². The van der Waals surface area contributed by atoms with E-state index in [0.29, 0.717) is 12.3 Å². The van der Waals surface area contributed by atoms with Crippen molar-refractivity contribution in [2.24, 2.45) is 0 Å². The summed E-state index contributed by atoms with van der Waals surface area (Å²) in [6.45, 7) is 4.19. The average Bonchev–Trinajstić information content (AvgIpc) is 2.82. The van der Waals surface area contributed by atoms with Crippen molar-refractivity contribution in [1.29, 1.82) is 0 Å². The van der Waals surface area contributed by atoms with Crippen molar-refractivity contribution in [2.75, 3.05) is 0 Å². The van der Waals surface area contributed by atoms with Gasteiger partial charge in [0.2, 0.25) is 0 Å². The second-order valence-electron chi connectivity index (χ2n) is 3.64. The van der Waals surface area contributed by atoms with Crippen LogP contribution in [0.15, 0.2) is 21.0 Å². The van der Waals surface area contributed by atoms with E-state index in [9.17, 15) is 10.1 Å². The van der Waals surface area contributed by atoms with E-state index in [2.05, 4.69) is 21.0 Å². The second kappa shape index (κ2) is 4.33. The fourth-order valence-corrected chi connectivity index (χ4v) is 1.81. The quantitative estimate of drug-likeness (QED) is 0.645. The molecule has 6 nitrogen and oxygen atoms in total. The highest BCUT2D eigenvalue weighted by molar-refractivity contribution is 9.10. The molecule has 2 heterocycles. The van der Waals surface area contributed by atoms with E-state index in [-0.39, 0.29) is 5.88 Å². The molecule has 0 saturated carbocycles. The number of aryl methyl sites for hydroxylation is 1. The van der Waals surface area contributed by atoms with Crippen molar-refractivity contribution in [3.8, 4) is 0 Å². The summed E-state index contributed by atoms with van der Waals surface area (Å²) in [6.07, 6.45) is 0. The monoisotopic (exact) mass is 299 g/mol. The molecular weight excluding hydrogens is 290 g/mol. The van der Waals surface area contributed by atoms with Gasteiger partial charge >= 0.3 is 5.88 Å². The largest absolute Gasteiger partial charge is 0.433 e. The molecule has 0 spiro atoms. The third-order valence-electron chi connectivity index (χ3n) is 2.43. The summed E-state index contributed by atoms with van der Waals surface area (Å²) in [5.74, 6) is 0.260. The lowest BCUT2D eigenvalue weighted by atomic mass is 10.4. The molecule has 0 aromatic carbocycles. The number of hydrogen-bond donors (Lipinski definition) is 0. The smallest absolute Gasteiger partial charge is 0.404 e. The third kappa shape index (κ3) is 2.23. The van der Waals surface area contributed by atoms with Crippen LogP contribution in [0.1, 0.15) is 17.1 Å². The molecule has 0 radical (unpaired) electrons. The highest BCUT2D eigenvalue weighted by atomic mass is 79.9. The van der Waals surface area contributed by atoms with E-state index in [1.165, 1.54) is 6.07 Å². The first kappa shape index (κ1) is 11.8. The Labute approximate surface area is 106 Å². The fraction of sp³-hybridized carbons (Fsp3) is 0.300. The highest BCUT2D eigenvalue weighted by Gasteiger charge is 2.14. The Morgan fingerprint density at radius 2 is 2.24 bits per heavy atom. The predicted molar refractivity (Wildman–Crippen MR) is 63.9 cm³/mol. The van der Waals surface area contributed by atoms with Crippen molar-refractivity contribution in [2.45, 2.75) is 20.4 Å². The number of nitro groups is 1. The van der Waals surface area contributed by atoms with Gasteiger partial charge in [0.05, 0.1) is 28.5 Å². The number of hydrogen-bond acceptors (Lipinski definition) is 4. The van der Waals surface area contributed by atoms with Crippen molar-refractivity contribution in [1.82, 2.24) is 9.78 Å². The van der Waals surface area contributed by atoms with Crippen molar-refractivity contribution in [3.05, 3.63) is 43.9 Å². The lowest BCUT2D eigenvalue weighted by Crippen LogP contribution is -2.02. The molecular formula is C10H10BrN3O3. The molecule has 0 amide bonds. The first-order valence-corrected chi connectivity index (χ1v) is 5.71. The Hall–Kier alpha value is -1.63. The zero-order valence-electron chi connectivity index (χ0n) is 9.31. The zero-order valence-corrected chi connectivity index (χ0v) is 10.9. The molecule has 17 heavy (non-hydrogen) atoms. The number of halogens is 1. The van der Waals surface area contributed by atoms with Crippen molar-refractivity contribution in [3.63, 3.8) is 0 Å². The summed E-state index contributed by atoms with van der Waals surface area (Å²) >= 11 is 3.42. The minimum Gasteiger partial charge on any atom is -0.404 e. The van der Waals surface area contributed by atoms with Gasteiger partial charge < -0.3 is 4.42 Å². The number of nitrogens with zero attached hydrogens (tertiary/aromatic N) is 3. The van der Waals surface area contributed by atoms with E-state index >= 15 is 0 Å². The van der Waals surface area contributed by atoms with Gasteiger partial charge in [-0.05, 0) is 35.8 Å². The maximum Gasteiger partial charge on any atom is 0.433 e. The van der Waals surface area contributed by atoms with Gasteiger partial charge in [-0.2, -0.15) is 5.10 Å². The molecule has 2 aromatic heterocycles. The number of rotatable bonds is 3. The summed E-state index contributed by atoms with van der Waals surface area (Å²) in [5, 5.41) is 14.8. The molecule has 0 fully saturated rings. The van der Waals surface area contributed by atoms with Crippen LogP contribution in [0.5, 0.6) is 0 Å². The molecule has 7 heteroatoms. The van der Waals surface area contributed by atoms with E-state index in [1.807, 2.05) is 13.8 Å². The molecule has 0 aliphatic carbocycles. The van der Waals surface area contributed by atoms with E-state index in [4.69, 9.17) is 4.42 Å². The van der Waals surface area contributed by atoms with Gasteiger partial charge in [0.25, 0.3) is 0 Å². The Kier molecular flexibility index (Phi) is 3.01. The number of furan rings is 1. The molecule has 0 unspecified atom stereocenters. The van der Waals surface area contributed by atoms with Crippen LogP contribution in [-0.2, 0) is 6.54 Å². The topological polar surface area (TPSA) is 74.1 Å². The molecule has 0 aliphatic heterocycles. The maximum absolute atomic E-state index is 10.5. The Morgan fingerprint density at radius 1 is 1.53 bits per heavy atom. The minimum atomic E-state index is -0.555. The Balaban J connectivity index is 2.25. The molecule has 2 aromatic rings. The standard InChI is InChI=1S/C10H10BrN3O3/c1-6-10(11)7(2)13(12-6)5-8-3-4-9(17-8)14(15)16/h3-4H,5H2,1-2H3. The average molecular weight is 300 g/mol. The van der Waals surface area contributed by atoms with E-state index in [0.717, 1.165) is 15.9 Å². The highest BCUT2D eigenvalue weighted by Crippen LogP contribution is 2.22. The Bertz CT molecular complexity index is 573. The van der Waals surface area contributed by atoms with Gasteiger partial charge in [-0.1, -0.05) is 0 Å². The van der Waals surface area contributed by atoms with Crippen LogP contribution in [0.25, 0.3) is 0 Å². The molecule has 0 saturated heterocycles. The van der Waals surface area contributed by atoms with Crippen LogP contribution in [0.4, 0.5) is 5.88 Å². The minimum absolute atomic E-state index is 0.249. The van der Waals surface area contributed by atoms with Crippen molar-refractivity contribution >= 4 is 21.8 Å². The van der Waals surface area contributed by atoms with Gasteiger partial charge in [0, 0.05) is 0 Å². The summed E-state index contributed by atoms with van der Waals surface area (Å²) in [7, 11) is 0. The molecule has 2 rings (SSSR count). The predicted octanol–water partition coefficient (Wildman–Crippen LogP) is 2.81. The van der Waals surface area contributed by atoms with Crippen LogP contribution in [0.2, 0.25) is 0 Å². The second-order valence-corrected chi connectivity index (χ2v) is 4.43. The summed E-state index contributed by atoms with van der Waals surface area (Å²) in [6, 6.07) is 2.93.